The number of thiophene rings is 1. The Balaban J connectivity index is 1.36. The number of carbonyl (C=O) groups is 2. The van der Waals surface area contributed by atoms with Crippen molar-refractivity contribution in [3.63, 3.8) is 0 Å². The maximum atomic E-state index is 13.5. The van der Waals surface area contributed by atoms with Crippen LogP contribution < -0.4 is 10.1 Å². The second-order valence-electron chi connectivity index (χ2n) is 12.6. The normalized spacial score (nSPS) is 15.6. The first-order chi connectivity index (χ1) is 19.5. The Hall–Kier alpha value is -4.06. The summed E-state index contributed by atoms with van der Waals surface area (Å²) in [6.45, 7) is 11.6. The van der Waals surface area contributed by atoms with Crippen LogP contribution in [-0.2, 0) is 5.41 Å². The molecule has 202 valence electrons. The van der Waals surface area contributed by atoms with Crippen molar-refractivity contribution < 1.29 is 9.59 Å². The average molecular weight is 570 g/mol. The lowest BCUT2D eigenvalue weighted by Crippen LogP contribution is -2.37. The minimum absolute atomic E-state index is 0.191. The van der Waals surface area contributed by atoms with Crippen molar-refractivity contribution in [3.8, 4) is 0 Å². The van der Waals surface area contributed by atoms with Gasteiger partial charge in [-0.25, -0.2) is 0 Å². The van der Waals surface area contributed by atoms with Crippen LogP contribution in [0.1, 0.15) is 50.6 Å². The number of ketones is 2. The van der Waals surface area contributed by atoms with Crippen molar-refractivity contribution >= 4 is 69.4 Å². The van der Waals surface area contributed by atoms with E-state index in [1.807, 2.05) is 42.5 Å². The first-order valence-corrected chi connectivity index (χ1v) is 18.3. The zero-order valence-corrected chi connectivity index (χ0v) is 25.7. The summed E-state index contributed by atoms with van der Waals surface area (Å²) in [6, 6.07) is 31.4. The maximum absolute atomic E-state index is 13.5. The van der Waals surface area contributed by atoms with Crippen molar-refractivity contribution in [1.82, 2.24) is 0 Å². The van der Waals surface area contributed by atoms with Crippen LogP contribution in [0.25, 0.3) is 16.8 Å². The van der Waals surface area contributed by atoms with E-state index in [2.05, 4.69) is 93.0 Å². The molecule has 0 amide bonds. The smallest absolute Gasteiger partial charge is 0.197 e. The van der Waals surface area contributed by atoms with E-state index >= 15 is 0 Å². The standard InChI is InChI=1S/C36H31NO2SSi/c1-36(2)30-12-8-9-13-32(30)37(24-14-16-26(17-15-24)41(3,4)5)35-31(36)21-25(40-35)20-29-33(38)27-18-22-10-6-7-11-23(22)19-28(27)34(29)39/h6-21H,1-5H3. The number of anilines is 3. The topological polar surface area (TPSA) is 37.4 Å². The van der Waals surface area contributed by atoms with Gasteiger partial charge < -0.3 is 4.90 Å². The van der Waals surface area contributed by atoms with Gasteiger partial charge in [0, 0.05) is 27.1 Å². The Labute approximate surface area is 245 Å². The molecule has 0 radical (unpaired) electrons. The average Bonchev–Trinajstić information content (AvgIpc) is 3.48. The van der Waals surface area contributed by atoms with Crippen molar-refractivity contribution in [1.29, 1.82) is 0 Å². The number of para-hydroxylation sites is 1. The third-order valence-electron chi connectivity index (χ3n) is 8.57. The molecule has 7 rings (SSSR count). The number of nitrogens with zero attached hydrogens (tertiary/aromatic N) is 1. The van der Waals surface area contributed by atoms with Crippen LogP contribution in [0.4, 0.5) is 16.4 Å². The highest BCUT2D eigenvalue weighted by Gasteiger charge is 2.39. The second-order valence-corrected chi connectivity index (χ2v) is 18.7. The van der Waals surface area contributed by atoms with Gasteiger partial charge in [-0.1, -0.05) is 93.3 Å². The maximum Gasteiger partial charge on any atom is 0.197 e. The molecule has 41 heavy (non-hydrogen) atoms. The largest absolute Gasteiger partial charge is 0.301 e. The van der Waals surface area contributed by atoms with Gasteiger partial charge in [0.15, 0.2) is 11.6 Å². The molecule has 0 unspecified atom stereocenters. The van der Waals surface area contributed by atoms with Gasteiger partial charge in [0.2, 0.25) is 0 Å². The van der Waals surface area contributed by atoms with Crippen LogP contribution >= 0.6 is 11.3 Å². The van der Waals surface area contributed by atoms with Crippen LogP contribution in [0, 0.1) is 0 Å². The molecule has 5 aromatic rings. The molecule has 1 aliphatic heterocycles. The molecule has 5 heteroatoms. The predicted octanol–water partition coefficient (Wildman–Crippen LogP) is 9.02. The number of hydrogen-bond acceptors (Lipinski definition) is 4. The summed E-state index contributed by atoms with van der Waals surface area (Å²) in [5.41, 5.74) is 5.74. The third kappa shape index (κ3) is 3.98. The molecule has 0 fully saturated rings. The molecule has 1 aromatic heterocycles. The Kier molecular flexibility index (Phi) is 5.66. The fraction of sp³-hybridized carbons (Fsp3) is 0.167. The van der Waals surface area contributed by atoms with Crippen LogP contribution in [0.2, 0.25) is 19.6 Å². The van der Waals surface area contributed by atoms with Gasteiger partial charge in [-0.05, 0) is 64.4 Å². The summed E-state index contributed by atoms with van der Waals surface area (Å²) in [5.74, 6) is -0.382. The number of hydrogen-bond donors (Lipinski definition) is 0. The van der Waals surface area contributed by atoms with E-state index < -0.39 is 8.07 Å². The summed E-state index contributed by atoms with van der Waals surface area (Å²) < 4.78 is 0. The van der Waals surface area contributed by atoms with Crippen molar-refractivity contribution in [2.45, 2.75) is 38.9 Å². The van der Waals surface area contributed by atoms with Crippen LogP contribution in [-0.4, -0.2) is 19.6 Å². The van der Waals surface area contributed by atoms with Gasteiger partial charge in [-0.3, -0.25) is 9.59 Å². The summed E-state index contributed by atoms with van der Waals surface area (Å²) >= 11 is 1.64. The van der Waals surface area contributed by atoms with Crippen LogP contribution in [0.3, 0.4) is 0 Å². The van der Waals surface area contributed by atoms with Crippen molar-refractivity contribution in [2.24, 2.45) is 0 Å². The Bertz CT molecular complexity index is 1880. The molecule has 3 nitrogen and oxygen atoms in total. The number of allylic oxidation sites excluding steroid dienone is 1. The molecule has 0 spiro atoms. The highest BCUT2D eigenvalue weighted by molar-refractivity contribution is 7.17. The van der Waals surface area contributed by atoms with Gasteiger partial charge in [0.1, 0.15) is 5.00 Å². The lowest BCUT2D eigenvalue weighted by molar-refractivity contribution is 0.0990. The molecule has 0 saturated carbocycles. The van der Waals surface area contributed by atoms with Crippen LogP contribution in [0.15, 0.2) is 96.6 Å². The molecule has 2 aliphatic rings. The van der Waals surface area contributed by atoms with Gasteiger partial charge in [-0.15, -0.1) is 11.3 Å². The first kappa shape index (κ1) is 25.9. The molecule has 1 aliphatic carbocycles. The monoisotopic (exact) mass is 569 g/mol. The highest BCUT2D eigenvalue weighted by atomic mass is 32.1. The second kappa shape index (κ2) is 8.97. The SMILES string of the molecule is CC1(C)c2ccccc2N(c2ccc([Si](C)(C)C)cc2)c2sc(C=C3C(=O)c4cc5ccccc5cc4C3=O)cc21. The summed E-state index contributed by atoms with van der Waals surface area (Å²) in [7, 11) is -1.43. The zero-order valence-electron chi connectivity index (χ0n) is 23.9. The Morgan fingerprint density at radius 3 is 1.93 bits per heavy atom. The summed E-state index contributed by atoms with van der Waals surface area (Å²) in [6.07, 6.45) is 1.81. The first-order valence-electron chi connectivity index (χ1n) is 14.0. The minimum atomic E-state index is -1.43. The van der Waals surface area contributed by atoms with Crippen LogP contribution in [0.5, 0.6) is 0 Å². The molecule has 0 saturated heterocycles. The molecule has 4 aromatic carbocycles. The van der Waals surface area contributed by atoms with E-state index in [1.54, 1.807) is 11.3 Å². The number of Topliss-reactive ketones (excluding diaryl/α,β-unsaturated/α-hetero) is 2. The molecule has 2 heterocycles. The fourth-order valence-electron chi connectivity index (χ4n) is 6.19. The zero-order chi connectivity index (χ0) is 28.7. The lowest BCUT2D eigenvalue weighted by Gasteiger charge is -2.40. The molecular formula is C36H31NO2SSi. The Morgan fingerprint density at radius 2 is 1.32 bits per heavy atom. The quantitative estimate of drug-likeness (QED) is 0.124. The van der Waals surface area contributed by atoms with E-state index in [0.717, 1.165) is 26.3 Å². The molecular weight excluding hydrogens is 539 g/mol. The van der Waals surface area contributed by atoms with E-state index in [-0.39, 0.29) is 22.6 Å². The van der Waals surface area contributed by atoms with Crippen molar-refractivity contribution in [3.05, 3.63) is 124 Å². The van der Waals surface area contributed by atoms with Crippen molar-refractivity contribution in [2.75, 3.05) is 4.90 Å². The summed E-state index contributed by atoms with van der Waals surface area (Å²) in [4.78, 5) is 30.3. The molecule has 0 N–H and O–H groups in total. The van der Waals surface area contributed by atoms with E-state index in [1.165, 1.54) is 22.0 Å². The number of rotatable bonds is 3. The van der Waals surface area contributed by atoms with Gasteiger partial charge in [-0.2, -0.15) is 0 Å². The number of benzene rings is 4. The van der Waals surface area contributed by atoms with E-state index in [0.29, 0.717) is 11.1 Å². The van der Waals surface area contributed by atoms with E-state index in [9.17, 15) is 9.59 Å². The Morgan fingerprint density at radius 1 is 0.732 bits per heavy atom. The lowest BCUT2D eigenvalue weighted by atomic mass is 9.75. The van der Waals surface area contributed by atoms with Gasteiger partial charge in [0.05, 0.1) is 19.3 Å². The van der Waals surface area contributed by atoms with E-state index in [4.69, 9.17) is 0 Å². The summed E-state index contributed by atoms with van der Waals surface area (Å²) in [5, 5.41) is 4.49. The minimum Gasteiger partial charge on any atom is -0.301 e. The third-order valence-corrected chi connectivity index (χ3v) is 11.7. The molecule has 0 bridgehead atoms. The van der Waals surface area contributed by atoms with Gasteiger partial charge >= 0.3 is 0 Å². The number of carbonyl (C=O) groups excluding carboxylic acids is 2. The molecule has 0 atom stereocenters. The highest BCUT2D eigenvalue weighted by Crippen LogP contribution is 2.55. The number of fused-ring (bicyclic) bond motifs is 4. The fourth-order valence-corrected chi connectivity index (χ4v) is 8.65. The predicted molar refractivity (Wildman–Crippen MR) is 175 cm³/mol. The van der Waals surface area contributed by atoms with Gasteiger partial charge in [0.25, 0.3) is 0 Å².